The van der Waals surface area contributed by atoms with Crippen LogP contribution in [0.3, 0.4) is 0 Å². The number of aryl methyl sites for hydroxylation is 1. The Morgan fingerprint density at radius 2 is 1.87 bits per heavy atom. The van der Waals surface area contributed by atoms with Crippen molar-refractivity contribution in [3.05, 3.63) is 36.2 Å². The highest BCUT2D eigenvalue weighted by molar-refractivity contribution is 5.91. The molecular formula is C24H35N5O. The van der Waals surface area contributed by atoms with Crippen molar-refractivity contribution in [3.63, 3.8) is 0 Å². The van der Waals surface area contributed by atoms with Crippen LogP contribution in [0.4, 0.5) is 11.5 Å². The fraction of sp³-hybridized carbons (Fsp3) is 0.583. The molecule has 4 rings (SSSR count). The molecular weight excluding hydrogens is 374 g/mol. The minimum Gasteiger partial charge on any atom is -0.378 e. The molecule has 162 valence electrons. The van der Waals surface area contributed by atoms with E-state index in [-0.39, 0.29) is 0 Å². The van der Waals surface area contributed by atoms with Gasteiger partial charge in [-0.15, -0.1) is 0 Å². The summed E-state index contributed by atoms with van der Waals surface area (Å²) in [5.74, 6) is 0.815. The monoisotopic (exact) mass is 409 g/mol. The molecule has 0 bridgehead atoms. The smallest absolute Gasteiger partial charge is 0.145 e. The summed E-state index contributed by atoms with van der Waals surface area (Å²) in [6.07, 6.45) is 5.23. The summed E-state index contributed by atoms with van der Waals surface area (Å²) in [4.78, 5) is 14.5. The molecule has 0 radical (unpaired) electrons. The summed E-state index contributed by atoms with van der Waals surface area (Å²) < 4.78 is 5.51. The number of aromatic nitrogens is 2. The van der Waals surface area contributed by atoms with Crippen LogP contribution in [0.15, 0.2) is 30.6 Å². The molecule has 0 saturated carbocycles. The normalized spacial score (nSPS) is 19.2. The number of benzene rings is 1. The molecule has 2 aromatic rings. The van der Waals surface area contributed by atoms with Gasteiger partial charge in [-0.05, 0) is 36.3 Å². The zero-order chi connectivity index (χ0) is 21.1. The summed E-state index contributed by atoms with van der Waals surface area (Å²) in [7, 11) is 0. The van der Waals surface area contributed by atoms with Gasteiger partial charge < -0.3 is 19.9 Å². The van der Waals surface area contributed by atoms with Gasteiger partial charge >= 0.3 is 0 Å². The Morgan fingerprint density at radius 3 is 2.57 bits per heavy atom. The Morgan fingerprint density at radius 1 is 1.13 bits per heavy atom. The average Bonchev–Trinajstić information content (AvgIpc) is 2.77. The Balaban J connectivity index is 1.49. The number of hydrogen-bond donors (Lipinski definition) is 1. The molecule has 1 aromatic carbocycles. The van der Waals surface area contributed by atoms with E-state index < -0.39 is 0 Å². The number of rotatable bonds is 6. The van der Waals surface area contributed by atoms with E-state index in [0.717, 1.165) is 74.0 Å². The van der Waals surface area contributed by atoms with Gasteiger partial charge in [-0.2, -0.15) is 0 Å². The molecule has 0 unspecified atom stereocenters. The summed E-state index contributed by atoms with van der Waals surface area (Å²) in [5, 5.41) is 3.46. The van der Waals surface area contributed by atoms with E-state index >= 15 is 0 Å². The van der Waals surface area contributed by atoms with Gasteiger partial charge in [-0.25, -0.2) is 9.97 Å². The van der Waals surface area contributed by atoms with Gasteiger partial charge in [0.25, 0.3) is 0 Å². The number of nitrogens with zero attached hydrogens (tertiary/aromatic N) is 4. The van der Waals surface area contributed by atoms with E-state index in [9.17, 15) is 0 Å². The van der Waals surface area contributed by atoms with Gasteiger partial charge in [-0.3, -0.25) is 0 Å². The van der Waals surface area contributed by atoms with Gasteiger partial charge in [0.2, 0.25) is 0 Å². The number of ether oxygens (including phenoxy) is 1. The maximum absolute atomic E-state index is 5.51. The van der Waals surface area contributed by atoms with Gasteiger partial charge in [0.05, 0.1) is 37.2 Å². The first-order valence-corrected chi connectivity index (χ1v) is 11.2. The van der Waals surface area contributed by atoms with Crippen LogP contribution in [-0.2, 0) is 11.2 Å². The number of morpholine rings is 1. The predicted molar refractivity (Wildman–Crippen MR) is 124 cm³/mol. The zero-order valence-electron chi connectivity index (χ0n) is 18.7. The molecule has 2 aliphatic heterocycles. The highest BCUT2D eigenvalue weighted by atomic mass is 16.5. The molecule has 0 atom stereocenters. The third kappa shape index (κ3) is 4.53. The van der Waals surface area contributed by atoms with Crippen molar-refractivity contribution in [2.24, 2.45) is 5.41 Å². The molecule has 0 aliphatic carbocycles. The number of likely N-dealkylation sites (tertiary alicyclic amines) is 1. The van der Waals surface area contributed by atoms with Crippen molar-refractivity contribution < 1.29 is 4.74 Å². The molecule has 0 amide bonds. The highest BCUT2D eigenvalue weighted by Crippen LogP contribution is 2.31. The van der Waals surface area contributed by atoms with E-state index in [1.54, 1.807) is 0 Å². The third-order valence-corrected chi connectivity index (χ3v) is 6.53. The van der Waals surface area contributed by atoms with Crippen LogP contribution in [0.2, 0.25) is 0 Å². The fourth-order valence-corrected chi connectivity index (χ4v) is 4.30. The Kier molecular flexibility index (Phi) is 6.14. The Labute approximate surface area is 180 Å². The summed E-state index contributed by atoms with van der Waals surface area (Å²) >= 11 is 0. The molecule has 0 spiro atoms. The first-order valence-electron chi connectivity index (χ1n) is 11.2. The zero-order valence-corrected chi connectivity index (χ0v) is 18.7. The number of piperidine rings is 1. The Hall–Kier alpha value is -2.34. The third-order valence-electron chi connectivity index (χ3n) is 6.53. The minimum atomic E-state index is 0.447. The second kappa shape index (κ2) is 8.80. The SMILES string of the molecule is C=C(CNc1cnc2c(N3CCOCC3)ccc(CC)c2n1)N1CCC(C)(C)CC1. The number of anilines is 2. The molecule has 2 saturated heterocycles. The quantitative estimate of drug-likeness (QED) is 0.776. The lowest BCUT2D eigenvalue weighted by Crippen LogP contribution is -2.38. The van der Waals surface area contributed by atoms with Crippen LogP contribution in [0.5, 0.6) is 0 Å². The van der Waals surface area contributed by atoms with Crippen molar-refractivity contribution in [3.8, 4) is 0 Å². The topological polar surface area (TPSA) is 53.5 Å². The van der Waals surface area contributed by atoms with E-state index in [2.05, 4.69) is 54.6 Å². The lowest BCUT2D eigenvalue weighted by Gasteiger charge is -2.39. The molecule has 1 aromatic heterocycles. The van der Waals surface area contributed by atoms with Crippen LogP contribution in [0.1, 0.15) is 39.2 Å². The van der Waals surface area contributed by atoms with Gasteiger partial charge in [0.15, 0.2) is 0 Å². The molecule has 6 nitrogen and oxygen atoms in total. The molecule has 2 aliphatic rings. The summed E-state index contributed by atoms with van der Waals surface area (Å²) in [5.41, 5.74) is 5.95. The van der Waals surface area contributed by atoms with Crippen molar-refractivity contribution >= 4 is 22.5 Å². The van der Waals surface area contributed by atoms with Gasteiger partial charge in [0.1, 0.15) is 11.3 Å². The molecule has 1 N–H and O–H groups in total. The predicted octanol–water partition coefficient (Wildman–Crippen LogP) is 4.08. The maximum Gasteiger partial charge on any atom is 0.145 e. The highest BCUT2D eigenvalue weighted by Gasteiger charge is 2.25. The van der Waals surface area contributed by atoms with Gasteiger partial charge in [0, 0.05) is 31.9 Å². The second-order valence-electron chi connectivity index (χ2n) is 9.22. The lowest BCUT2D eigenvalue weighted by atomic mass is 9.82. The molecule has 3 heterocycles. The van der Waals surface area contributed by atoms with Crippen molar-refractivity contribution in [2.45, 2.75) is 40.0 Å². The van der Waals surface area contributed by atoms with Crippen molar-refractivity contribution in [1.82, 2.24) is 14.9 Å². The first-order chi connectivity index (χ1) is 14.5. The number of nitrogens with one attached hydrogen (secondary N) is 1. The first kappa shape index (κ1) is 20.9. The summed E-state index contributed by atoms with van der Waals surface area (Å²) in [6, 6.07) is 4.38. The average molecular weight is 410 g/mol. The van der Waals surface area contributed by atoms with Crippen molar-refractivity contribution in [2.75, 3.05) is 56.2 Å². The maximum atomic E-state index is 5.51. The van der Waals surface area contributed by atoms with Crippen LogP contribution >= 0.6 is 0 Å². The standard InChI is InChI=1S/C24H35N5O/c1-5-19-6-7-20(29-12-14-30-15-13-29)23-22(19)27-21(17-26-23)25-16-18(2)28-10-8-24(3,4)9-11-28/h6-7,17H,2,5,8-16H2,1,3-4H3,(H,25,27). The number of fused-ring (bicyclic) bond motifs is 1. The number of hydrogen-bond acceptors (Lipinski definition) is 6. The fourth-order valence-electron chi connectivity index (χ4n) is 4.30. The molecule has 30 heavy (non-hydrogen) atoms. The second-order valence-corrected chi connectivity index (χ2v) is 9.22. The van der Waals surface area contributed by atoms with Crippen LogP contribution in [0, 0.1) is 5.41 Å². The van der Waals surface area contributed by atoms with Crippen LogP contribution in [0.25, 0.3) is 11.0 Å². The molecule has 2 fully saturated rings. The minimum absolute atomic E-state index is 0.447. The van der Waals surface area contributed by atoms with E-state index in [4.69, 9.17) is 14.7 Å². The van der Waals surface area contributed by atoms with Crippen LogP contribution < -0.4 is 10.2 Å². The van der Waals surface area contributed by atoms with E-state index in [0.29, 0.717) is 12.0 Å². The van der Waals surface area contributed by atoms with Crippen molar-refractivity contribution in [1.29, 1.82) is 0 Å². The molecule has 6 heteroatoms. The van der Waals surface area contributed by atoms with E-state index in [1.165, 1.54) is 18.4 Å². The van der Waals surface area contributed by atoms with E-state index in [1.807, 2.05) is 6.20 Å². The Bertz CT molecular complexity index is 894. The van der Waals surface area contributed by atoms with Crippen LogP contribution in [-0.4, -0.2) is 60.8 Å². The largest absolute Gasteiger partial charge is 0.378 e. The lowest BCUT2D eigenvalue weighted by molar-refractivity contribution is 0.123. The summed E-state index contributed by atoms with van der Waals surface area (Å²) in [6.45, 7) is 17.4. The van der Waals surface area contributed by atoms with Gasteiger partial charge in [-0.1, -0.05) is 33.4 Å².